The average molecular weight is 235 g/mol. The van der Waals surface area contributed by atoms with Gasteiger partial charge in [0.15, 0.2) is 0 Å². The molecule has 0 saturated carbocycles. The summed E-state index contributed by atoms with van der Waals surface area (Å²) >= 11 is 0. The number of hydrogen-bond acceptors (Lipinski definition) is 2. The molecule has 1 amide bonds. The zero-order valence-electron chi connectivity index (χ0n) is 10.6. The molecule has 94 valence electrons. The molecule has 1 aromatic heterocycles. The molecule has 0 radical (unpaired) electrons. The smallest absolute Gasteiger partial charge is 0.270 e. The van der Waals surface area contributed by atoms with Crippen LogP contribution in [0.3, 0.4) is 0 Å². The summed E-state index contributed by atoms with van der Waals surface area (Å²) in [5.74, 6) is 0.136. The standard InChI is InChI=1S/C13H21N3O/c1-3-8-16-9-4-5-12(16)13(17)15(2)11-6-7-14-10-11/h4-5,9,11,14H,3,6-8,10H2,1-2H3. The summed E-state index contributed by atoms with van der Waals surface area (Å²) in [6.07, 6.45) is 4.08. The van der Waals surface area contributed by atoms with Crippen LogP contribution in [-0.2, 0) is 6.54 Å². The summed E-state index contributed by atoms with van der Waals surface area (Å²) in [7, 11) is 1.91. The van der Waals surface area contributed by atoms with Gasteiger partial charge in [0, 0.05) is 32.4 Å². The first-order valence-corrected chi connectivity index (χ1v) is 6.37. The second-order valence-corrected chi connectivity index (χ2v) is 4.65. The third-order valence-corrected chi connectivity index (χ3v) is 3.42. The van der Waals surface area contributed by atoms with Crippen molar-refractivity contribution in [2.45, 2.75) is 32.4 Å². The summed E-state index contributed by atoms with van der Waals surface area (Å²) in [6.45, 7) is 4.96. The van der Waals surface area contributed by atoms with Crippen molar-refractivity contribution in [3.8, 4) is 0 Å². The quantitative estimate of drug-likeness (QED) is 0.855. The second-order valence-electron chi connectivity index (χ2n) is 4.65. The Morgan fingerprint density at radius 1 is 1.65 bits per heavy atom. The third kappa shape index (κ3) is 2.52. The zero-order valence-corrected chi connectivity index (χ0v) is 10.6. The SMILES string of the molecule is CCCn1cccc1C(=O)N(C)C1CCNC1. The fourth-order valence-corrected chi connectivity index (χ4v) is 2.36. The van der Waals surface area contributed by atoms with E-state index >= 15 is 0 Å². The Kier molecular flexibility index (Phi) is 3.84. The van der Waals surface area contributed by atoms with Crippen LogP contribution in [0.5, 0.6) is 0 Å². The molecule has 4 heteroatoms. The van der Waals surface area contributed by atoms with Crippen molar-refractivity contribution < 1.29 is 4.79 Å². The van der Waals surface area contributed by atoms with Gasteiger partial charge in [-0.05, 0) is 31.5 Å². The Balaban J connectivity index is 2.09. The molecule has 2 rings (SSSR count). The molecule has 1 fully saturated rings. The van der Waals surface area contributed by atoms with Crippen LogP contribution in [0.25, 0.3) is 0 Å². The van der Waals surface area contributed by atoms with Gasteiger partial charge in [0.05, 0.1) is 0 Å². The summed E-state index contributed by atoms with van der Waals surface area (Å²) in [5, 5.41) is 3.29. The molecular weight excluding hydrogens is 214 g/mol. The molecule has 1 unspecified atom stereocenters. The van der Waals surface area contributed by atoms with Crippen molar-refractivity contribution in [1.29, 1.82) is 0 Å². The first-order valence-electron chi connectivity index (χ1n) is 6.37. The minimum absolute atomic E-state index is 0.136. The van der Waals surface area contributed by atoms with E-state index in [1.54, 1.807) is 0 Å². The van der Waals surface area contributed by atoms with Gasteiger partial charge >= 0.3 is 0 Å². The molecule has 2 heterocycles. The number of aromatic nitrogens is 1. The fourth-order valence-electron chi connectivity index (χ4n) is 2.36. The van der Waals surface area contributed by atoms with E-state index in [1.165, 1.54) is 0 Å². The summed E-state index contributed by atoms with van der Waals surface area (Å²) in [6, 6.07) is 4.20. The summed E-state index contributed by atoms with van der Waals surface area (Å²) < 4.78 is 2.04. The molecule has 1 aliphatic rings. The van der Waals surface area contributed by atoms with Crippen molar-refractivity contribution in [2.24, 2.45) is 0 Å². The van der Waals surface area contributed by atoms with Gasteiger partial charge in [-0.25, -0.2) is 0 Å². The van der Waals surface area contributed by atoms with Gasteiger partial charge in [-0.3, -0.25) is 4.79 Å². The van der Waals surface area contributed by atoms with Crippen molar-refractivity contribution in [2.75, 3.05) is 20.1 Å². The number of nitrogens with zero attached hydrogens (tertiary/aromatic N) is 2. The van der Waals surface area contributed by atoms with Gasteiger partial charge in [0.25, 0.3) is 5.91 Å². The maximum absolute atomic E-state index is 12.4. The molecule has 0 spiro atoms. The largest absolute Gasteiger partial charge is 0.344 e. The van der Waals surface area contributed by atoms with E-state index < -0.39 is 0 Å². The minimum atomic E-state index is 0.136. The zero-order chi connectivity index (χ0) is 12.3. The minimum Gasteiger partial charge on any atom is -0.344 e. The van der Waals surface area contributed by atoms with Crippen LogP contribution in [0, 0.1) is 0 Å². The topological polar surface area (TPSA) is 37.3 Å². The lowest BCUT2D eigenvalue weighted by Gasteiger charge is -2.24. The first kappa shape index (κ1) is 12.2. The van der Waals surface area contributed by atoms with Gasteiger partial charge in [0.1, 0.15) is 5.69 Å². The van der Waals surface area contributed by atoms with E-state index in [1.807, 2.05) is 34.8 Å². The Labute approximate surface area is 103 Å². The Hall–Kier alpha value is -1.29. The number of hydrogen-bond donors (Lipinski definition) is 1. The van der Waals surface area contributed by atoms with Crippen LogP contribution in [0.15, 0.2) is 18.3 Å². The lowest BCUT2D eigenvalue weighted by molar-refractivity contribution is 0.0732. The second kappa shape index (κ2) is 5.36. The highest BCUT2D eigenvalue weighted by molar-refractivity contribution is 5.92. The van der Waals surface area contributed by atoms with Crippen LogP contribution >= 0.6 is 0 Å². The lowest BCUT2D eigenvalue weighted by atomic mass is 10.2. The molecule has 17 heavy (non-hydrogen) atoms. The van der Waals surface area contributed by atoms with Crippen molar-refractivity contribution in [3.63, 3.8) is 0 Å². The maximum atomic E-state index is 12.4. The number of aryl methyl sites for hydroxylation is 1. The number of carbonyl (C=O) groups excluding carboxylic acids is 1. The highest BCUT2D eigenvalue weighted by Crippen LogP contribution is 2.12. The monoisotopic (exact) mass is 235 g/mol. The lowest BCUT2D eigenvalue weighted by Crippen LogP contribution is -2.39. The maximum Gasteiger partial charge on any atom is 0.270 e. The van der Waals surface area contributed by atoms with Crippen molar-refractivity contribution in [1.82, 2.24) is 14.8 Å². The van der Waals surface area contributed by atoms with Gasteiger partial charge in [-0.2, -0.15) is 0 Å². The van der Waals surface area contributed by atoms with E-state index in [2.05, 4.69) is 12.2 Å². The fraction of sp³-hybridized carbons (Fsp3) is 0.615. The van der Waals surface area contributed by atoms with Crippen molar-refractivity contribution >= 4 is 5.91 Å². The number of carbonyl (C=O) groups is 1. The average Bonchev–Trinajstić information content (AvgIpc) is 2.98. The Bertz CT molecular complexity index is 380. The molecule has 1 saturated heterocycles. The van der Waals surface area contributed by atoms with E-state index in [9.17, 15) is 4.79 Å². The van der Waals surface area contributed by atoms with Crippen molar-refractivity contribution in [3.05, 3.63) is 24.0 Å². The van der Waals surface area contributed by atoms with Crippen LogP contribution in [-0.4, -0.2) is 41.6 Å². The van der Waals surface area contributed by atoms with E-state index in [4.69, 9.17) is 0 Å². The van der Waals surface area contributed by atoms with Crippen LogP contribution in [0.4, 0.5) is 0 Å². The van der Waals surface area contributed by atoms with Crippen LogP contribution in [0.1, 0.15) is 30.3 Å². The molecule has 0 bridgehead atoms. The highest BCUT2D eigenvalue weighted by atomic mass is 16.2. The van der Waals surface area contributed by atoms with E-state index in [0.717, 1.165) is 38.2 Å². The summed E-state index contributed by atoms with van der Waals surface area (Å²) in [4.78, 5) is 14.2. The molecular formula is C13H21N3O. The molecule has 0 aliphatic carbocycles. The molecule has 1 atom stereocenters. The highest BCUT2D eigenvalue weighted by Gasteiger charge is 2.25. The number of rotatable bonds is 4. The Morgan fingerprint density at radius 2 is 2.47 bits per heavy atom. The number of nitrogens with one attached hydrogen (secondary N) is 1. The van der Waals surface area contributed by atoms with Gasteiger partial charge < -0.3 is 14.8 Å². The summed E-state index contributed by atoms with van der Waals surface area (Å²) in [5.41, 5.74) is 0.807. The van der Waals surface area contributed by atoms with Crippen LogP contribution in [0.2, 0.25) is 0 Å². The molecule has 1 aromatic rings. The van der Waals surface area contributed by atoms with Gasteiger partial charge in [0.2, 0.25) is 0 Å². The van der Waals surface area contributed by atoms with Gasteiger partial charge in [-0.1, -0.05) is 6.92 Å². The van der Waals surface area contributed by atoms with E-state index in [0.29, 0.717) is 6.04 Å². The van der Waals surface area contributed by atoms with Crippen LogP contribution < -0.4 is 5.32 Å². The number of likely N-dealkylation sites (N-methyl/N-ethyl adjacent to an activating group) is 1. The predicted octanol–water partition coefficient (Wildman–Crippen LogP) is 1.33. The predicted molar refractivity (Wildman–Crippen MR) is 68.1 cm³/mol. The number of amides is 1. The molecule has 1 aliphatic heterocycles. The first-order chi connectivity index (χ1) is 8.24. The van der Waals surface area contributed by atoms with Gasteiger partial charge in [-0.15, -0.1) is 0 Å². The Morgan fingerprint density at radius 3 is 3.12 bits per heavy atom. The van der Waals surface area contributed by atoms with E-state index in [-0.39, 0.29) is 5.91 Å². The third-order valence-electron chi connectivity index (χ3n) is 3.42. The normalized spacial score (nSPS) is 19.5. The molecule has 1 N–H and O–H groups in total. The molecule has 4 nitrogen and oxygen atoms in total. The molecule has 0 aromatic carbocycles.